The van der Waals surface area contributed by atoms with Crippen LogP contribution in [-0.2, 0) is 0 Å². The Kier molecular flexibility index (Phi) is 2.80. The van der Waals surface area contributed by atoms with Crippen molar-refractivity contribution in [1.82, 2.24) is 4.98 Å². The molecule has 1 N–H and O–H groups in total. The molecule has 0 amide bonds. The first-order valence-electron chi connectivity index (χ1n) is 5.96. The number of aromatic amines is 1. The molecule has 1 aromatic heterocycles. The van der Waals surface area contributed by atoms with Crippen molar-refractivity contribution in [3.8, 4) is 16.9 Å². The SMILES string of the molecule is COc1cccc2cc(-c3cc[c]cc3)c(=O)[nH]c12. The van der Waals surface area contributed by atoms with Crippen LogP contribution in [0.1, 0.15) is 0 Å². The Morgan fingerprint density at radius 3 is 2.68 bits per heavy atom. The van der Waals surface area contributed by atoms with Crippen LogP contribution in [0.25, 0.3) is 22.0 Å². The first-order chi connectivity index (χ1) is 9.29. The summed E-state index contributed by atoms with van der Waals surface area (Å²) in [5, 5.41) is 0.946. The Labute approximate surface area is 110 Å². The summed E-state index contributed by atoms with van der Waals surface area (Å²) < 4.78 is 5.25. The van der Waals surface area contributed by atoms with Crippen molar-refractivity contribution < 1.29 is 4.74 Å². The van der Waals surface area contributed by atoms with E-state index >= 15 is 0 Å². The molecule has 0 saturated heterocycles. The first-order valence-corrected chi connectivity index (χ1v) is 5.96. The molecule has 0 aliphatic heterocycles. The van der Waals surface area contributed by atoms with Crippen LogP contribution >= 0.6 is 0 Å². The number of hydrogen-bond acceptors (Lipinski definition) is 2. The van der Waals surface area contributed by atoms with Crippen molar-refractivity contribution in [2.24, 2.45) is 0 Å². The lowest BCUT2D eigenvalue weighted by molar-refractivity contribution is 0.419. The van der Waals surface area contributed by atoms with Crippen LogP contribution in [0.15, 0.2) is 53.3 Å². The van der Waals surface area contributed by atoms with Crippen molar-refractivity contribution >= 4 is 10.9 Å². The Morgan fingerprint density at radius 2 is 1.95 bits per heavy atom. The second-order valence-corrected chi connectivity index (χ2v) is 4.23. The van der Waals surface area contributed by atoms with Crippen LogP contribution in [0.2, 0.25) is 0 Å². The Balaban J connectivity index is 2.30. The van der Waals surface area contributed by atoms with Gasteiger partial charge in [0.2, 0.25) is 0 Å². The molecule has 3 rings (SSSR count). The molecule has 0 bridgehead atoms. The van der Waals surface area contributed by atoms with Crippen LogP contribution in [0.4, 0.5) is 0 Å². The first kappa shape index (κ1) is 11.5. The molecule has 0 aliphatic rings. The minimum Gasteiger partial charge on any atom is -0.495 e. The zero-order valence-electron chi connectivity index (χ0n) is 10.4. The fourth-order valence-corrected chi connectivity index (χ4v) is 2.16. The summed E-state index contributed by atoms with van der Waals surface area (Å²) in [6, 6.07) is 17.8. The maximum Gasteiger partial charge on any atom is 0.256 e. The van der Waals surface area contributed by atoms with Gasteiger partial charge >= 0.3 is 0 Å². The Hall–Kier alpha value is -2.55. The van der Waals surface area contributed by atoms with Crippen molar-refractivity contribution in [3.05, 3.63) is 65.0 Å². The van der Waals surface area contributed by atoms with E-state index in [1.807, 2.05) is 36.4 Å². The molecule has 19 heavy (non-hydrogen) atoms. The molecule has 0 spiro atoms. The Bertz CT molecular complexity index is 776. The number of para-hydroxylation sites is 1. The number of nitrogens with one attached hydrogen (secondary N) is 1. The molecule has 3 heteroatoms. The van der Waals surface area contributed by atoms with Crippen molar-refractivity contribution in [2.45, 2.75) is 0 Å². The van der Waals surface area contributed by atoms with Gasteiger partial charge in [-0.25, -0.2) is 0 Å². The number of methoxy groups -OCH3 is 1. The molecule has 0 aliphatic carbocycles. The van der Waals surface area contributed by atoms with Crippen LogP contribution in [0.3, 0.4) is 0 Å². The predicted molar refractivity (Wildman–Crippen MR) is 75.4 cm³/mol. The quantitative estimate of drug-likeness (QED) is 0.759. The molecule has 0 fully saturated rings. The highest BCUT2D eigenvalue weighted by molar-refractivity contribution is 5.87. The van der Waals surface area contributed by atoms with Crippen LogP contribution in [0, 0.1) is 6.07 Å². The monoisotopic (exact) mass is 250 g/mol. The standard InChI is InChI=1S/C16H12NO2/c1-19-14-9-5-8-12-10-13(16(18)17-15(12)14)11-6-3-2-4-7-11/h3-10H,1H3,(H,17,18). The van der Waals surface area contributed by atoms with Gasteiger partial charge in [-0.3, -0.25) is 4.79 Å². The third-order valence-corrected chi connectivity index (χ3v) is 3.09. The van der Waals surface area contributed by atoms with Gasteiger partial charge in [0.1, 0.15) is 5.75 Å². The molecule has 3 aromatic rings. The zero-order chi connectivity index (χ0) is 13.2. The van der Waals surface area contributed by atoms with Crippen molar-refractivity contribution in [1.29, 1.82) is 0 Å². The highest BCUT2D eigenvalue weighted by Gasteiger charge is 2.07. The number of benzene rings is 2. The van der Waals surface area contributed by atoms with E-state index in [1.165, 1.54) is 0 Å². The fraction of sp³-hybridized carbons (Fsp3) is 0.0625. The molecule has 0 unspecified atom stereocenters. The van der Waals surface area contributed by atoms with E-state index in [9.17, 15) is 4.79 Å². The molecular weight excluding hydrogens is 238 g/mol. The average molecular weight is 250 g/mol. The maximum atomic E-state index is 12.2. The van der Waals surface area contributed by atoms with E-state index in [-0.39, 0.29) is 5.56 Å². The summed E-state index contributed by atoms with van der Waals surface area (Å²) in [7, 11) is 1.59. The van der Waals surface area contributed by atoms with Gasteiger partial charge < -0.3 is 9.72 Å². The number of H-pyrrole nitrogens is 1. The summed E-state index contributed by atoms with van der Waals surface area (Å²) in [4.78, 5) is 15.1. The number of ether oxygens (including phenoxy) is 1. The van der Waals surface area contributed by atoms with E-state index in [1.54, 1.807) is 19.2 Å². The molecule has 1 radical (unpaired) electrons. The summed E-state index contributed by atoms with van der Waals surface area (Å²) in [5.41, 5.74) is 2.13. The lowest BCUT2D eigenvalue weighted by Gasteiger charge is -2.07. The minimum absolute atomic E-state index is 0.122. The Morgan fingerprint density at radius 1 is 1.16 bits per heavy atom. The van der Waals surface area contributed by atoms with Gasteiger partial charge in [-0.15, -0.1) is 0 Å². The van der Waals surface area contributed by atoms with Gasteiger partial charge in [0.15, 0.2) is 0 Å². The van der Waals surface area contributed by atoms with E-state index in [4.69, 9.17) is 4.74 Å². The number of pyridine rings is 1. The van der Waals surface area contributed by atoms with E-state index in [2.05, 4.69) is 11.1 Å². The average Bonchev–Trinajstić information content (AvgIpc) is 2.47. The van der Waals surface area contributed by atoms with E-state index < -0.39 is 0 Å². The largest absolute Gasteiger partial charge is 0.495 e. The van der Waals surface area contributed by atoms with Gasteiger partial charge in [-0.05, 0) is 23.8 Å². The van der Waals surface area contributed by atoms with E-state index in [0.717, 1.165) is 16.5 Å². The molecule has 3 nitrogen and oxygen atoms in total. The van der Waals surface area contributed by atoms with Crippen LogP contribution in [-0.4, -0.2) is 12.1 Å². The predicted octanol–water partition coefficient (Wildman–Crippen LogP) is 3.00. The smallest absolute Gasteiger partial charge is 0.256 e. The highest BCUT2D eigenvalue weighted by atomic mass is 16.5. The third-order valence-electron chi connectivity index (χ3n) is 3.09. The maximum absolute atomic E-state index is 12.2. The molecule has 2 aromatic carbocycles. The number of fused-ring (bicyclic) bond motifs is 1. The minimum atomic E-state index is -0.122. The van der Waals surface area contributed by atoms with Gasteiger partial charge in [-0.1, -0.05) is 36.4 Å². The van der Waals surface area contributed by atoms with Crippen molar-refractivity contribution in [2.75, 3.05) is 7.11 Å². The summed E-state index contributed by atoms with van der Waals surface area (Å²) in [6.45, 7) is 0. The third kappa shape index (κ3) is 1.99. The van der Waals surface area contributed by atoms with Crippen LogP contribution < -0.4 is 10.3 Å². The topological polar surface area (TPSA) is 42.1 Å². The van der Waals surface area contributed by atoms with Gasteiger partial charge in [0.05, 0.1) is 12.6 Å². The normalized spacial score (nSPS) is 10.6. The number of hydrogen-bond donors (Lipinski definition) is 1. The molecular formula is C16H12NO2. The summed E-state index contributed by atoms with van der Waals surface area (Å²) >= 11 is 0. The van der Waals surface area contributed by atoms with Gasteiger partial charge in [0, 0.05) is 10.9 Å². The lowest BCUT2D eigenvalue weighted by atomic mass is 10.1. The summed E-state index contributed by atoms with van der Waals surface area (Å²) in [6.07, 6.45) is 0. The molecule has 0 atom stereocenters. The van der Waals surface area contributed by atoms with Gasteiger partial charge in [0.25, 0.3) is 5.56 Å². The number of rotatable bonds is 2. The molecule has 93 valence electrons. The highest BCUT2D eigenvalue weighted by Crippen LogP contribution is 2.25. The van der Waals surface area contributed by atoms with Crippen molar-refractivity contribution in [3.63, 3.8) is 0 Å². The fourth-order valence-electron chi connectivity index (χ4n) is 2.16. The molecule has 1 heterocycles. The lowest BCUT2D eigenvalue weighted by Crippen LogP contribution is -2.09. The molecule has 0 saturated carbocycles. The number of aromatic nitrogens is 1. The van der Waals surface area contributed by atoms with Gasteiger partial charge in [-0.2, -0.15) is 0 Å². The second-order valence-electron chi connectivity index (χ2n) is 4.23. The van der Waals surface area contributed by atoms with Crippen LogP contribution in [0.5, 0.6) is 5.75 Å². The second kappa shape index (κ2) is 4.61. The summed E-state index contributed by atoms with van der Waals surface area (Å²) in [5.74, 6) is 0.669. The zero-order valence-corrected chi connectivity index (χ0v) is 10.4. The van der Waals surface area contributed by atoms with E-state index in [0.29, 0.717) is 11.3 Å².